The minimum Gasteiger partial charge on any atom is -0.378 e. The molecule has 0 atom stereocenters. The molecule has 1 aliphatic rings. The second-order valence-electron chi connectivity index (χ2n) is 4.46. The third-order valence-corrected chi connectivity index (χ3v) is 3.64. The first kappa shape index (κ1) is 16.1. The molecule has 2 rings (SSSR count). The molecule has 0 spiro atoms. The van der Waals surface area contributed by atoms with Gasteiger partial charge in [0.15, 0.2) is 5.82 Å². The predicted octanol–water partition coefficient (Wildman–Crippen LogP) is 1.33. The van der Waals surface area contributed by atoms with Crippen LogP contribution in [0.2, 0.25) is 10.0 Å². The van der Waals surface area contributed by atoms with Gasteiger partial charge < -0.3 is 20.4 Å². The van der Waals surface area contributed by atoms with Gasteiger partial charge in [0.25, 0.3) is 0 Å². The van der Waals surface area contributed by atoms with Gasteiger partial charge in [-0.05, 0) is 6.07 Å². The first-order valence-electron chi connectivity index (χ1n) is 6.54. The lowest BCUT2D eigenvalue weighted by Gasteiger charge is -2.26. The number of amides is 1. The van der Waals surface area contributed by atoms with Gasteiger partial charge in [-0.3, -0.25) is 4.79 Å². The summed E-state index contributed by atoms with van der Waals surface area (Å²) in [6, 6.07) is 1.54. The Morgan fingerprint density at radius 2 is 2.00 bits per heavy atom. The Morgan fingerprint density at radius 3 is 2.67 bits per heavy atom. The molecular weight excluding hydrogens is 317 g/mol. The average molecular weight is 334 g/mol. The van der Waals surface area contributed by atoms with E-state index < -0.39 is 0 Å². The van der Waals surface area contributed by atoms with Crippen molar-refractivity contribution in [1.82, 2.24) is 9.88 Å². The van der Waals surface area contributed by atoms with Crippen LogP contribution in [0.15, 0.2) is 6.07 Å². The molecule has 1 aromatic heterocycles. The molecular formula is C12H17Cl2N5O2. The number of halogens is 2. The van der Waals surface area contributed by atoms with Crippen molar-refractivity contribution in [3.63, 3.8) is 0 Å². The van der Waals surface area contributed by atoms with E-state index in [0.29, 0.717) is 60.9 Å². The van der Waals surface area contributed by atoms with Crippen LogP contribution in [0.4, 0.5) is 11.6 Å². The molecule has 1 saturated heterocycles. The number of hydrogen-bond acceptors (Lipinski definition) is 6. The minimum absolute atomic E-state index is 0.0769. The SMILES string of the molecule is NNc1nc(NCCC(=O)N2CCOCC2)c(Cl)cc1Cl. The summed E-state index contributed by atoms with van der Waals surface area (Å²) in [5, 5.41) is 3.71. The molecule has 0 unspecified atom stereocenters. The quantitative estimate of drug-likeness (QED) is 0.556. The number of nitrogens with zero attached hydrogens (tertiary/aromatic N) is 2. The molecule has 7 nitrogen and oxygen atoms in total. The summed E-state index contributed by atoms with van der Waals surface area (Å²) in [5.41, 5.74) is 2.38. The van der Waals surface area contributed by atoms with Gasteiger partial charge in [-0.1, -0.05) is 23.2 Å². The summed E-state index contributed by atoms with van der Waals surface area (Å²) < 4.78 is 5.21. The number of nitrogen functional groups attached to an aromatic ring is 1. The number of anilines is 2. The van der Waals surface area contributed by atoms with Crippen LogP contribution >= 0.6 is 23.2 Å². The van der Waals surface area contributed by atoms with E-state index in [1.807, 2.05) is 0 Å². The van der Waals surface area contributed by atoms with Crippen LogP contribution in [0.5, 0.6) is 0 Å². The molecule has 1 aromatic rings. The number of pyridine rings is 1. The monoisotopic (exact) mass is 333 g/mol. The lowest BCUT2D eigenvalue weighted by atomic mass is 10.3. The Labute approximate surface area is 132 Å². The van der Waals surface area contributed by atoms with Gasteiger partial charge in [0.1, 0.15) is 5.82 Å². The van der Waals surface area contributed by atoms with Gasteiger partial charge >= 0.3 is 0 Å². The highest BCUT2D eigenvalue weighted by Crippen LogP contribution is 2.28. The molecule has 0 radical (unpaired) electrons. The maximum absolute atomic E-state index is 12.0. The van der Waals surface area contributed by atoms with Crippen molar-refractivity contribution >= 4 is 40.7 Å². The minimum atomic E-state index is 0.0769. The highest BCUT2D eigenvalue weighted by atomic mass is 35.5. The number of hydrogen-bond donors (Lipinski definition) is 3. The van der Waals surface area contributed by atoms with Gasteiger partial charge in [-0.2, -0.15) is 0 Å². The third kappa shape index (κ3) is 4.34. The molecule has 116 valence electrons. The summed E-state index contributed by atoms with van der Waals surface area (Å²) in [4.78, 5) is 17.9. The normalized spacial score (nSPS) is 14.9. The number of hydrazine groups is 1. The zero-order valence-electron chi connectivity index (χ0n) is 11.4. The first-order valence-corrected chi connectivity index (χ1v) is 7.29. The molecule has 21 heavy (non-hydrogen) atoms. The van der Waals surface area contributed by atoms with Crippen molar-refractivity contribution in [2.24, 2.45) is 5.84 Å². The molecule has 2 heterocycles. The third-order valence-electron chi connectivity index (χ3n) is 3.06. The van der Waals surface area contributed by atoms with Crippen LogP contribution in [-0.2, 0) is 9.53 Å². The zero-order valence-corrected chi connectivity index (χ0v) is 12.9. The van der Waals surface area contributed by atoms with Crippen molar-refractivity contribution in [3.8, 4) is 0 Å². The van der Waals surface area contributed by atoms with Crippen molar-refractivity contribution in [3.05, 3.63) is 16.1 Å². The Bertz CT molecular complexity index is 509. The number of carbonyl (C=O) groups excluding carboxylic acids is 1. The van der Waals surface area contributed by atoms with Crippen molar-refractivity contribution < 1.29 is 9.53 Å². The van der Waals surface area contributed by atoms with E-state index in [0.717, 1.165) is 0 Å². The van der Waals surface area contributed by atoms with E-state index in [-0.39, 0.29) is 5.91 Å². The van der Waals surface area contributed by atoms with Crippen molar-refractivity contribution in [1.29, 1.82) is 0 Å². The van der Waals surface area contributed by atoms with Gasteiger partial charge in [0.05, 0.1) is 23.3 Å². The summed E-state index contributed by atoms with van der Waals surface area (Å²) in [7, 11) is 0. The first-order chi connectivity index (χ1) is 10.1. The molecule has 1 aliphatic heterocycles. The topological polar surface area (TPSA) is 92.5 Å². The fourth-order valence-corrected chi connectivity index (χ4v) is 2.43. The fraction of sp³-hybridized carbons (Fsp3) is 0.500. The van der Waals surface area contributed by atoms with E-state index in [9.17, 15) is 4.79 Å². The second-order valence-corrected chi connectivity index (χ2v) is 5.28. The molecule has 0 bridgehead atoms. The number of aromatic nitrogens is 1. The van der Waals surface area contributed by atoms with Crippen LogP contribution < -0.4 is 16.6 Å². The number of ether oxygens (including phenoxy) is 1. The van der Waals surface area contributed by atoms with Crippen LogP contribution in [0.25, 0.3) is 0 Å². The fourth-order valence-electron chi connectivity index (χ4n) is 1.95. The van der Waals surface area contributed by atoms with Gasteiger partial charge in [-0.25, -0.2) is 10.8 Å². The van der Waals surface area contributed by atoms with E-state index >= 15 is 0 Å². The smallest absolute Gasteiger partial charge is 0.224 e. The Kier molecular flexibility index (Phi) is 5.86. The number of nitrogens with two attached hydrogens (primary N) is 1. The number of rotatable bonds is 5. The summed E-state index contributed by atoms with van der Waals surface area (Å²) in [6.07, 6.45) is 0.353. The van der Waals surface area contributed by atoms with E-state index in [1.165, 1.54) is 6.07 Å². The number of carbonyl (C=O) groups is 1. The van der Waals surface area contributed by atoms with Crippen LogP contribution in [0, 0.1) is 0 Å². The van der Waals surface area contributed by atoms with E-state index in [1.54, 1.807) is 4.90 Å². The van der Waals surface area contributed by atoms with Crippen LogP contribution in [0.3, 0.4) is 0 Å². The maximum Gasteiger partial charge on any atom is 0.224 e. The van der Waals surface area contributed by atoms with Gasteiger partial charge in [0, 0.05) is 26.1 Å². The maximum atomic E-state index is 12.0. The average Bonchev–Trinajstić information content (AvgIpc) is 2.50. The largest absolute Gasteiger partial charge is 0.378 e. The van der Waals surface area contributed by atoms with E-state index in [2.05, 4.69) is 15.7 Å². The zero-order chi connectivity index (χ0) is 15.2. The van der Waals surface area contributed by atoms with Crippen molar-refractivity contribution in [2.75, 3.05) is 43.6 Å². The van der Waals surface area contributed by atoms with Crippen LogP contribution in [-0.4, -0.2) is 48.6 Å². The molecule has 4 N–H and O–H groups in total. The predicted molar refractivity (Wildman–Crippen MR) is 82.6 cm³/mol. The lowest BCUT2D eigenvalue weighted by molar-refractivity contribution is -0.134. The summed E-state index contributed by atoms with van der Waals surface area (Å²) >= 11 is 11.9. The molecule has 0 aromatic carbocycles. The second kappa shape index (κ2) is 7.65. The molecule has 1 amide bonds. The molecule has 9 heteroatoms. The Hall–Kier alpha value is -1.28. The highest BCUT2D eigenvalue weighted by Gasteiger charge is 2.16. The standard InChI is InChI=1S/C12H17Cl2N5O2/c13-8-7-9(14)12(18-15)17-11(8)16-2-1-10(20)19-3-5-21-6-4-19/h7H,1-6,15H2,(H2,16,17,18). The Morgan fingerprint density at radius 1 is 1.33 bits per heavy atom. The highest BCUT2D eigenvalue weighted by molar-refractivity contribution is 6.37. The van der Waals surface area contributed by atoms with Crippen molar-refractivity contribution in [2.45, 2.75) is 6.42 Å². The number of morpholine rings is 1. The summed E-state index contributed by atoms with van der Waals surface area (Å²) in [6.45, 7) is 2.89. The molecule has 0 saturated carbocycles. The summed E-state index contributed by atoms with van der Waals surface area (Å²) in [5.74, 6) is 6.14. The van der Waals surface area contributed by atoms with E-state index in [4.69, 9.17) is 33.8 Å². The molecule has 0 aliphatic carbocycles. The lowest BCUT2D eigenvalue weighted by Crippen LogP contribution is -2.41. The van der Waals surface area contributed by atoms with Gasteiger partial charge in [-0.15, -0.1) is 0 Å². The Balaban J connectivity index is 1.86. The molecule has 1 fully saturated rings. The van der Waals surface area contributed by atoms with Gasteiger partial charge in [0.2, 0.25) is 5.91 Å². The van der Waals surface area contributed by atoms with Crippen LogP contribution in [0.1, 0.15) is 6.42 Å². The number of nitrogens with one attached hydrogen (secondary N) is 2.